The molecule has 1 aromatic carbocycles. The Bertz CT molecular complexity index is 394. The quantitative estimate of drug-likeness (QED) is 0.837. The molecule has 1 aliphatic rings. The minimum absolute atomic E-state index is 0.483. The van der Waals surface area contributed by atoms with Crippen molar-refractivity contribution in [2.24, 2.45) is 5.41 Å². The highest BCUT2D eigenvalue weighted by Crippen LogP contribution is 2.60. The Labute approximate surface area is 98.7 Å². The summed E-state index contributed by atoms with van der Waals surface area (Å²) in [4.78, 5) is 2.16. The normalized spacial score (nSPS) is 21.7. The number of benzene rings is 1. The molecule has 16 heavy (non-hydrogen) atoms. The van der Waals surface area contributed by atoms with Gasteiger partial charge in [0.1, 0.15) is 0 Å². The average Bonchev–Trinajstić information content (AvgIpc) is 2.86. The SMILES string of the molecule is CNc1ccc(N(C)C)cc1C1CC1(C)C. The molecule has 0 saturated heterocycles. The second-order valence-electron chi connectivity index (χ2n) is 5.66. The van der Waals surface area contributed by atoms with Crippen molar-refractivity contribution in [3.05, 3.63) is 23.8 Å². The predicted molar refractivity (Wildman–Crippen MR) is 71.5 cm³/mol. The van der Waals surface area contributed by atoms with Crippen LogP contribution in [-0.4, -0.2) is 21.1 Å². The van der Waals surface area contributed by atoms with Crippen molar-refractivity contribution in [1.82, 2.24) is 0 Å². The minimum Gasteiger partial charge on any atom is -0.388 e. The number of nitrogens with zero attached hydrogens (tertiary/aromatic N) is 1. The molecule has 1 N–H and O–H groups in total. The highest BCUT2D eigenvalue weighted by Gasteiger charge is 2.47. The third kappa shape index (κ3) is 1.89. The molecule has 1 saturated carbocycles. The van der Waals surface area contributed by atoms with Crippen molar-refractivity contribution in [1.29, 1.82) is 0 Å². The van der Waals surface area contributed by atoms with Gasteiger partial charge in [-0.15, -0.1) is 0 Å². The summed E-state index contributed by atoms with van der Waals surface area (Å²) in [6.45, 7) is 4.69. The molecule has 2 heteroatoms. The molecule has 1 unspecified atom stereocenters. The Morgan fingerprint density at radius 1 is 1.31 bits per heavy atom. The molecule has 0 heterocycles. The summed E-state index contributed by atoms with van der Waals surface area (Å²) in [6, 6.07) is 6.69. The minimum atomic E-state index is 0.483. The van der Waals surface area contributed by atoms with E-state index in [0.29, 0.717) is 5.41 Å². The maximum atomic E-state index is 3.30. The molecule has 0 aliphatic heterocycles. The summed E-state index contributed by atoms with van der Waals surface area (Å²) in [5, 5.41) is 3.30. The third-order valence-corrected chi connectivity index (χ3v) is 3.71. The summed E-state index contributed by atoms with van der Waals surface area (Å²) in [6.07, 6.45) is 1.30. The van der Waals surface area contributed by atoms with Crippen LogP contribution < -0.4 is 10.2 Å². The van der Waals surface area contributed by atoms with Gasteiger partial charge in [0.25, 0.3) is 0 Å². The first-order valence-electron chi connectivity index (χ1n) is 5.95. The van der Waals surface area contributed by atoms with Crippen molar-refractivity contribution >= 4 is 11.4 Å². The van der Waals surface area contributed by atoms with Gasteiger partial charge >= 0.3 is 0 Å². The van der Waals surface area contributed by atoms with Crippen LogP contribution in [0, 0.1) is 5.41 Å². The number of hydrogen-bond donors (Lipinski definition) is 1. The molecular weight excluding hydrogens is 196 g/mol. The lowest BCUT2D eigenvalue weighted by Crippen LogP contribution is -2.09. The molecule has 1 aromatic rings. The molecular formula is C14H22N2. The predicted octanol–water partition coefficient (Wildman–Crippen LogP) is 3.31. The van der Waals surface area contributed by atoms with Gasteiger partial charge in [-0.05, 0) is 41.5 Å². The van der Waals surface area contributed by atoms with Crippen LogP contribution in [0.25, 0.3) is 0 Å². The highest BCUT2D eigenvalue weighted by atomic mass is 15.1. The molecule has 2 nitrogen and oxygen atoms in total. The zero-order chi connectivity index (χ0) is 11.9. The van der Waals surface area contributed by atoms with Gasteiger partial charge in [0.05, 0.1) is 0 Å². The summed E-state index contributed by atoms with van der Waals surface area (Å²) in [7, 11) is 6.19. The molecule has 88 valence electrons. The fraction of sp³-hybridized carbons (Fsp3) is 0.571. The summed E-state index contributed by atoms with van der Waals surface area (Å²) in [5.74, 6) is 0.717. The van der Waals surface area contributed by atoms with Crippen molar-refractivity contribution in [2.45, 2.75) is 26.2 Å². The van der Waals surface area contributed by atoms with Gasteiger partial charge in [-0.3, -0.25) is 0 Å². The van der Waals surface area contributed by atoms with Crippen LogP contribution in [0.15, 0.2) is 18.2 Å². The molecule has 0 aromatic heterocycles. The van der Waals surface area contributed by atoms with E-state index in [1.807, 2.05) is 7.05 Å². The fourth-order valence-electron chi connectivity index (χ4n) is 2.34. The van der Waals surface area contributed by atoms with E-state index >= 15 is 0 Å². The second kappa shape index (κ2) is 3.69. The Morgan fingerprint density at radius 3 is 2.38 bits per heavy atom. The number of nitrogens with one attached hydrogen (secondary N) is 1. The van der Waals surface area contributed by atoms with Gasteiger partial charge in [0.2, 0.25) is 0 Å². The van der Waals surface area contributed by atoms with E-state index in [9.17, 15) is 0 Å². The molecule has 0 bridgehead atoms. The standard InChI is InChI=1S/C14H22N2/c1-14(2)9-12(14)11-8-10(16(4)5)6-7-13(11)15-3/h6-8,12,15H,9H2,1-5H3. The second-order valence-corrected chi connectivity index (χ2v) is 5.66. The Balaban J connectivity index is 2.37. The van der Waals surface area contributed by atoms with Crippen molar-refractivity contribution in [3.63, 3.8) is 0 Å². The molecule has 0 amide bonds. The van der Waals surface area contributed by atoms with Crippen molar-refractivity contribution in [2.75, 3.05) is 31.4 Å². The van der Waals surface area contributed by atoms with Crippen LogP contribution in [0.2, 0.25) is 0 Å². The van der Waals surface area contributed by atoms with Crippen LogP contribution in [0.5, 0.6) is 0 Å². The first kappa shape index (κ1) is 11.3. The summed E-state index contributed by atoms with van der Waals surface area (Å²) < 4.78 is 0. The van der Waals surface area contributed by atoms with Gasteiger partial charge in [0.15, 0.2) is 0 Å². The Morgan fingerprint density at radius 2 is 1.94 bits per heavy atom. The van der Waals surface area contributed by atoms with E-state index < -0.39 is 0 Å². The largest absolute Gasteiger partial charge is 0.388 e. The lowest BCUT2D eigenvalue weighted by Gasteiger charge is -2.17. The van der Waals surface area contributed by atoms with Crippen molar-refractivity contribution < 1.29 is 0 Å². The van der Waals surface area contributed by atoms with Crippen LogP contribution >= 0.6 is 0 Å². The van der Waals surface area contributed by atoms with Gasteiger partial charge in [-0.25, -0.2) is 0 Å². The van der Waals surface area contributed by atoms with E-state index in [2.05, 4.69) is 56.4 Å². The lowest BCUT2D eigenvalue weighted by atomic mass is 10.0. The van der Waals surface area contributed by atoms with Crippen molar-refractivity contribution in [3.8, 4) is 0 Å². The molecule has 2 rings (SSSR count). The smallest absolute Gasteiger partial charge is 0.0374 e. The monoisotopic (exact) mass is 218 g/mol. The molecule has 1 aliphatic carbocycles. The third-order valence-electron chi connectivity index (χ3n) is 3.71. The zero-order valence-corrected chi connectivity index (χ0v) is 11.0. The average molecular weight is 218 g/mol. The highest BCUT2D eigenvalue weighted by molar-refractivity contribution is 5.62. The molecule has 0 spiro atoms. The van der Waals surface area contributed by atoms with Gasteiger partial charge in [0, 0.05) is 32.5 Å². The first-order chi connectivity index (χ1) is 7.45. The summed E-state index contributed by atoms with van der Waals surface area (Å²) in [5.41, 5.74) is 4.52. The van der Waals surface area contributed by atoms with Gasteiger partial charge < -0.3 is 10.2 Å². The topological polar surface area (TPSA) is 15.3 Å². The lowest BCUT2D eigenvalue weighted by molar-refractivity contribution is 0.622. The van der Waals surface area contributed by atoms with E-state index in [1.165, 1.54) is 23.4 Å². The number of rotatable bonds is 3. The van der Waals surface area contributed by atoms with Crippen LogP contribution in [0.4, 0.5) is 11.4 Å². The zero-order valence-electron chi connectivity index (χ0n) is 11.0. The van der Waals surface area contributed by atoms with E-state index in [-0.39, 0.29) is 0 Å². The van der Waals surface area contributed by atoms with Crippen LogP contribution in [0.3, 0.4) is 0 Å². The van der Waals surface area contributed by atoms with Crippen LogP contribution in [0.1, 0.15) is 31.7 Å². The Hall–Kier alpha value is -1.18. The first-order valence-corrected chi connectivity index (χ1v) is 5.95. The van der Waals surface area contributed by atoms with E-state index in [4.69, 9.17) is 0 Å². The maximum Gasteiger partial charge on any atom is 0.0374 e. The van der Waals surface area contributed by atoms with Gasteiger partial charge in [-0.1, -0.05) is 13.8 Å². The molecule has 1 fully saturated rings. The number of anilines is 2. The molecule has 0 radical (unpaired) electrons. The van der Waals surface area contributed by atoms with Gasteiger partial charge in [-0.2, -0.15) is 0 Å². The maximum absolute atomic E-state index is 3.30. The van der Waals surface area contributed by atoms with E-state index in [0.717, 1.165) is 5.92 Å². The fourth-order valence-corrected chi connectivity index (χ4v) is 2.34. The number of hydrogen-bond acceptors (Lipinski definition) is 2. The summed E-state index contributed by atoms with van der Waals surface area (Å²) >= 11 is 0. The van der Waals surface area contributed by atoms with Crippen LogP contribution in [-0.2, 0) is 0 Å². The van der Waals surface area contributed by atoms with E-state index in [1.54, 1.807) is 0 Å². The Kier molecular flexibility index (Phi) is 2.61. The molecule has 1 atom stereocenters.